The van der Waals surface area contributed by atoms with Crippen molar-refractivity contribution in [3.8, 4) is 5.75 Å². The molecule has 0 aliphatic heterocycles. The predicted octanol–water partition coefficient (Wildman–Crippen LogP) is 4.04. The molecule has 0 unspecified atom stereocenters. The van der Waals surface area contributed by atoms with Crippen LogP contribution in [0.15, 0.2) is 48.5 Å². The number of para-hydroxylation sites is 1. The Morgan fingerprint density at radius 3 is 2.31 bits per heavy atom. The van der Waals surface area contributed by atoms with Crippen molar-refractivity contribution >= 4 is 17.6 Å². The lowest BCUT2D eigenvalue weighted by atomic mass is 10.2. The number of halogens is 1. The first-order chi connectivity index (χ1) is 12.4. The van der Waals surface area contributed by atoms with Gasteiger partial charge < -0.3 is 14.8 Å². The van der Waals surface area contributed by atoms with E-state index in [2.05, 4.69) is 5.32 Å². The molecular weight excluding hydrogens is 337 g/mol. The summed E-state index contributed by atoms with van der Waals surface area (Å²) in [6, 6.07) is 12.2. The summed E-state index contributed by atoms with van der Waals surface area (Å²) in [5, 5.41) is 2.39. The maximum absolute atomic E-state index is 13.6. The van der Waals surface area contributed by atoms with Gasteiger partial charge in [-0.15, -0.1) is 0 Å². The zero-order valence-corrected chi connectivity index (χ0v) is 15.0. The van der Waals surface area contributed by atoms with Crippen LogP contribution in [0.3, 0.4) is 0 Å². The van der Waals surface area contributed by atoms with Gasteiger partial charge in [0.25, 0.3) is 5.91 Å². The molecule has 1 atom stereocenters. The number of anilines is 1. The minimum Gasteiger partial charge on any atom is -0.493 e. The molecule has 1 N–H and O–H groups in total. The minimum absolute atomic E-state index is 0.0343. The molecule has 0 radical (unpaired) electrons. The van der Waals surface area contributed by atoms with E-state index in [-0.39, 0.29) is 5.69 Å². The van der Waals surface area contributed by atoms with Crippen molar-refractivity contribution < 1.29 is 23.5 Å². The number of carbonyl (C=O) groups excluding carboxylic acids is 2. The van der Waals surface area contributed by atoms with Crippen LogP contribution in [0.4, 0.5) is 10.1 Å². The van der Waals surface area contributed by atoms with Crippen LogP contribution in [0.5, 0.6) is 5.75 Å². The van der Waals surface area contributed by atoms with E-state index in [1.165, 1.54) is 25.1 Å². The first-order valence-electron chi connectivity index (χ1n) is 8.36. The number of nitrogens with one attached hydrogen (secondary N) is 1. The summed E-state index contributed by atoms with van der Waals surface area (Å²) in [6.45, 7) is 6.09. The fourth-order valence-electron chi connectivity index (χ4n) is 2.03. The van der Waals surface area contributed by atoms with Gasteiger partial charge in [0.2, 0.25) is 0 Å². The van der Waals surface area contributed by atoms with E-state index in [0.717, 1.165) is 0 Å². The number of hydrogen-bond donors (Lipinski definition) is 1. The van der Waals surface area contributed by atoms with Gasteiger partial charge in [-0.1, -0.05) is 26.0 Å². The highest BCUT2D eigenvalue weighted by atomic mass is 19.1. The molecule has 0 spiro atoms. The second-order valence-electron chi connectivity index (χ2n) is 6.25. The van der Waals surface area contributed by atoms with Gasteiger partial charge >= 0.3 is 5.97 Å². The fourth-order valence-corrected chi connectivity index (χ4v) is 2.03. The van der Waals surface area contributed by atoms with E-state index in [0.29, 0.717) is 23.8 Å². The second-order valence-corrected chi connectivity index (χ2v) is 6.25. The highest BCUT2D eigenvalue weighted by Crippen LogP contribution is 2.16. The molecule has 0 saturated carbocycles. The molecule has 0 aliphatic rings. The van der Waals surface area contributed by atoms with Crippen LogP contribution in [0.25, 0.3) is 0 Å². The lowest BCUT2D eigenvalue weighted by Gasteiger charge is -2.14. The first-order valence-corrected chi connectivity index (χ1v) is 8.36. The summed E-state index contributed by atoms with van der Waals surface area (Å²) >= 11 is 0. The normalized spacial score (nSPS) is 11.7. The zero-order chi connectivity index (χ0) is 19.1. The lowest BCUT2D eigenvalue weighted by Crippen LogP contribution is -2.30. The number of hydrogen-bond acceptors (Lipinski definition) is 4. The highest BCUT2D eigenvalue weighted by molar-refractivity contribution is 5.97. The molecule has 0 saturated heterocycles. The fraction of sp³-hybridized carbons (Fsp3) is 0.300. The van der Waals surface area contributed by atoms with Crippen molar-refractivity contribution in [1.82, 2.24) is 0 Å². The molecule has 6 heteroatoms. The third-order valence-corrected chi connectivity index (χ3v) is 3.46. The Bertz CT molecular complexity index is 759. The van der Waals surface area contributed by atoms with Gasteiger partial charge in [-0.25, -0.2) is 9.18 Å². The van der Waals surface area contributed by atoms with Crippen LogP contribution in [-0.2, 0) is 9.53 Å². The second kappa shape index (κ2) is 8.99. The third kappa shape index (κ3) is 5.58. The van der Waals surface area contributed by atoms with Gasteiger partial charge in [0, 0.05) is 0 Å². The molecule has 2 aromatic carbocycles. The van der Waals surface area contributed by atoms with Crippen molar-refractivity contribution in [2.75, 3.05) is 11.9 Å². The largest absolute Gasteiger partial charge is 0.493 e. The van der Waals surface area contributed by atoms with Gasteiger partial charge in [0.05, 0.1) is 17.9 Å². The van der Waals surface area contributed by atoms with Crippen LogP contribution < -0.4 is 10.1 Å². The van der Waals surface area contributed by atoms with Crippen molar-refractivity contribution in [2.45, 2.75) is 26.9 Å². The molecule has 1 amide bonds. The Morgan fingerprint density at radius 2 is 1.69 bits per heavy atom. The Balaban J connectivity index is 1.91. The molecule has 0 bridgehead atoms. The quantitative estimate of drug-likeness (QED) is 0.758. The summed E-state index contributed by atoms with van der Waals surface area (Å²) in [5.41, 5.74) is 0.333. The Morgan fingerprint density at radius 1 is 1.04 bits per heavy atom. The molecule has 5 nitrogen and oxygen atoms in total. The number of carbonyl (C=O) groups is 2. The molecule has 0 fully saturated rings. The van der Waals surface area contributed by atoms with Crippen LogP contribution in [0.2, 0.25) is 0 Å². The van der Waals surface area contributed by atoms with Crippen LogP contribution in [-0.4, -0.2) is 24.6 Å². The Hall–Kier alpha value is -2.89. The van der Waals surface area contributed by atoms with E-state index < -0.39 is 23.8 Å². The van der Waals surface area contributed by atoms with Crippen molar-refractivity contribution in [1.29, 1.82) is 0 Å². The standard InChI is InChI=1S/C20H22FNO4/c1-13(2)12-25-16-10-8-15(9-11-16)20(24)26-14(3)19(23)22-18-7-5-4-6-17(18)21/h4-11,13-14H,12H2,1-3H3,(H,22,23)/t14-/m1/s1. The van der Waals surface area contributed by atoms with Crippen LogP contribution >= 0.6 is 0 Å². The van der Waals surface area contributed by atoms with E-state index in [4.69, 9.17) is 9.47 Å². The molecule has 2 rings (SSSR count). The van der Waals surface area contributed by atoms with Crippen molar-refractivity contribution in [2.24, 2.45) is 5.92 Å². The van der Waals surface area contributed by atoms with E-state index >= 15 is 0 Å². The maximum atomic E-state index is 13.6. The zero-order valence-electron chi connectivity index (χ0n) is 15.0. The van der Waals surface area contributed by atoms with Gasteiger partial charge in [0.1, 0.15) is 11.6 Å². The summed E-state index contributed by atoms with van der Waals surface area (Å²) in [7, 11) is 0. The Kier molecular flexibility index (Phi) is 6.72. The molecule has 0 aliphatic carbocycles. The summed E-state index contributed by atoms with van der Waals surface area (Å²) in [4.78, 5) is 24.2. The van der Waals surface area contributed by atoms with Crippen LogP contribution in [0.1, 0.15) is 31.1 Å². The highest BCUT2D eigenvalue weighted by Gasteiger charge is 2.20. The number of ether oxygens (including phenoxy) is 2. The summed E-state index contributed by atoms with van der Waals surface area (Å²) < 4.78 is 24.2. The molecule has 26 heavy (non-hydrogen) atoms. The van der Waals surface area contributed by atoms with Crippen molar-refractivity contribution in [3.05, 3.63) is 59.9 Å². The molecular formula is C20H22FNO4. The predicted molar refractivity (Wildman–Crippen MR) is 96.7 cm³/mol. The smallest absolute Gasteiger partial charge is 0.338 e. The minimum atomic E-state index is -1.07. The SMILES string of the molecule is CC(C)COc1ccc(C(=O)O[C@H](C)C(=O)Nc2ccccc2F)cc1. The average molecular weight is 359 g/mol. The monoisotopic (exact) mass is 359 g/mol. The van der Waals surface area contributed by atoms with Gasteiger partial charge in [0.15, 0.2) is 6.10 Å². The van der Waals surface area contributed by atoms with Gasteiger partial charge in [-0.2, -0.15) is 0 Å². The molecule has 0 heterocycles. The number of rotatable bonds is 7. The third-order valence-electron chi connectivity index (χ3n) is 3.46. The number of esters is 1. The van der Waals surface area contributed by atoms with E-state index in [9.17, 15) is 14.0 Å². The lowest BCUT2D eigenvalue weighted by molar-refractivity contribution is -0.123. The first kappa shape index (κ1) is 19.4. The van der Waals surface area contributed by atoms with E-state index in [1.54, 1.807) is 30.3 Å². The van der Waals surface area contributed by atoms with Gasteiger partial charge in [-0.05, 0) is 49.2 Å². The van der Waals surface area contributed by atoms with Gasteiger partial charge in [-0.3, -0.25) is 4.79 Å². The summed E-state index contributed by atoms with van der Waals surface area (Å²) in [5.74, 6) is -0.762. The maximum Gasteiger partial charge on any atom is 0.338 e. The molecule has 2 aromatic rings. The van der Waals surface area contributed by atoms with Crippen molar-refractivity contribution in [3.63, 3.8) is 0 Å². The number of benzene rings is 2. The Labute approximate surface area is 152 Å². The van der Waals surface area contributed by atoms with Crippen LogP contribution in [0, 0.1) is 11.7 Å². The van der Waals surface area contributed by atoms with E-state index in [1.807, 2.05) is 13.8 Å². The summed E-state index contributed by atoms with van der Waals surface area (Å²) in [6.07, 6.45) is -1.07. The molecule has 138 valence electrons. The molecule has 0 aromatic heterocycles. The topological polar surface area (TPSA) is 64.6 Å². The number of amides is 1. The average Bonchev–Trinajstić information content (AvgIpc) is 2.62.